The van der Waals surface area contributed by atoms with Gasteiger partial charge in [-0.05, 0) is 31.9 Å². The van der Waals surface area contributed by atoms with Gasteiger partial charge in [-0.2, -0.15) is 5.10 Å². The molecule has 0 spiro atoms. The van der Waals surface area contributed by atoms with E-state index in [9.17, 15) is 14.4 Å². The molecule has 0 fully saturated rings. The largest absolute Gasteiger partial charge is 0.452 e. The molecule has 0 atom stereocenters. The summed E-state index contributed by atoms with van der Waals surface area (Å²) in [6.45, 7) is 7.67. The average Bonchev–Trinajstić information content (AvgIpc) is 2.95. The number of aromatic nitrogens is 3. The summed E-state index contributed by atoms with van der Waals surface area (Å²) in [5.41, 5.74) is 2.08. The monoisotopic (exact) mass is 395 g/mol. The van der Waals surface area contributed by atoms with Crippen molar-refractivity contribution in [2.24, 2.45) is 13.0 Å². The summed E-state index contributed by atoms with van der Waals surface area (Å²) in [5, 5.41) is 5.06. The summed E-state index contributed by atoms with van der Waals surface area (Å²) in [4.78, 5) is 37.9. The maximum Gasteiger partial charge on any atom is 0.359 e. The van der Waals surface area contributed by atoms with Gasteiger partial charge in [-0.25, -0.2) is 9.48 Å². The minimum absolute atomic E-state index is 0.0367. The molecule has 0 amide bonds. The van der Waals surface area contributed by atoms with Crippen molar-refractivity contribution in [3.63, 3.8) is 0 Å². The van der Waals surface area contributed by atoms with Crippen LogP contribution < -0.4 is 5.56 Å². The zero-order valence-corrected chi connectivity index (χ0v) is 17.4. The molecule has 0 aliphatic carbocycles. The predicted molar refractivity (Wildman–Crippen MR) is 110 cm³/mol. The van der Waals surface area contributed by atoms with E-state index >= 15 is 0 Å². The highest BCUT2D eigenvalue weighted by Crippen LogP contribution is 2.17. The molecule has 0 aliphatic heterocycles. The lowest BCUT2D eigenvalue weighted by molar-refractivity contribution is 0.0468. The summed E-state index contributed by atoms with van der Waals surface area (Å²) in [7, 11) is 1.88. The van der Waals surface area contributed by atoms with Gasteiger partial charge >= 0.3 is 5.97 Å². The molecule has 0 radical (unpaired) electrons. The van der Waals surface area contributed by atoms with Gasteiger partial charge in [0.05, 0.1) is 5.39 Å². The predicted octanol–water partition coefficient (Wildman–Crippen LogP) is 3.05. The van der Waals surface area contributed by atoms with Crippen molar-refractivity contribution in [1.82, 2.24) is 14.3 Å². The number of hydrogen-bond donors (Lipinski definition) is 0. The lowest BCUT2D eigenvalue weighted by Crippen LogP contribution is -2.28. The molecule has 2 heterocycles. The van der Waals surface area contributed by atoms with Gasteiger partial charge in [-0.15, -0.1) is 0 Å². The Kier molecular flexibility index (Phi) is 5.68. The van der Waals surface area contributed by atoms with E-state index in [0.717, 1.165) is 11.4 Å². The molecular weight excluding hydrogens is 370 g/mol. The van der Waals surface area contributed by atoms with Gasteiger partial charge in [0.15, 0.2) is 12.3 Å². The van der Waals surface area contributed by atoms with Gasteiger partial charge in [0, 0.05) is 35.9 Å². The zero-order chi connectivity index (χ0) is 21.3. The number of nitrogens with zero attached hydrogens (tertiary/aromatic N) is 3. The van der Waals surface area contributed by atoms with Crippen LogP contribution in [0.5, 0.6) is 0 Å². The lowest BCUT2D eigenvalue weighted by atomic mass is 10.1. The van der Waals surface area contributed by atoms with Crippen LogP contribution in [0.4, 0.5) is 0 Å². The van der Waals surface area contributed by atoms with E-state index in [1.807, 2.05) is 39.3 Å². The molecule has 0 saturated heterocycles. The fourth-order valence-corrected chi connectivity index (χ4v) is 3.27. The molecule has 152 valence electrons. The Hall–Kier alpha value is -3.22. The van der Waals surface area contributed by atoms with Crippen LogP contribution in [0.1, 0.15) is 46.1 Å². The first kappa shape index (κ1) is 20.5. The number of carbonyl (C=O) groups excluding carboxylic acids is 2. The topological polar surface area (TPSA) is 83.2 Å². The van der Waals surface area contributed by atoms with Crippen molar-refractivity contribution < 1.29 is 14.3 Å². The first-order valence-electron chi connectivity index (χ1n) is 9.53. The molecule has 0 aliphatic rings. The Morgan fingerprint density at radius 3 is 2.38 bits per heavy atom. The number of benzene rings is 1. The summed E-state index contributed by atoms with van der Waals surface area (Å²) >= 11 is 0. The van der Waals surface area contributed by atoms with Gasteiger partial charge in [0.2, 0.25) is 5.78 Å². The third-order valence-electron chi connectivity index (χ3n) is 5.01. The Morgan fingerprint density at radius 1 is 1.14 bits per heavy atom. The number of fused-ring (bicyclic) bond motifs is 1. The van der Waals surface area contributed by atoms with E-state index in [0.29, 0.717) is 22.9 Å². The third-order valence-corrected chi connectivity index (χ3v) is 5.01. The Labute approximate surface area is 168 Å². The van der Waals surface area contributed by atoms with Gasteiger partial charge < -0.3 is 9.30 Å². The van der Waals surface area contributed by atoms with E-state index in [2.05, 4.69) is 5.10 Å². The van der Waals surface area contributed by atoms with Crippen LogP contribution in [-0.4, -0.2) is 32.7 Å². The second kappa shape index (κ2) is 8.03. The number of carbonyl (C=O) groups is 2. The molecule has 29 heavy (non-hydrogen) atoms. The van der Waals surface area contributed by atoms with Crippen molar-refractivity contribution in [2.45, 2.75) is 34.2 Å². The third kappa shape index (κ3) is 3.99. The van der Waals surface area contributed by atoms with Crippen LogP contribution in [0.3, 0.4) is 0 Å². The minimum atomic E-state index is -0.725. The molecule has 0 bridgehead atoms. The number of hydrogen-bond acceptors (Lipinski definition) is 5. The van der Waals surface area contributed by atoms with Gasteiger partial charge in [-0.3, -0.25) is 9.59 Å². The van der Waals surface area contributed by atoms with Crippen LogP contribution in [-0.2, 0) is 18.3 Å². The average molecular weight is 395 g/mol. The van der Waals surface area contributed by atoms with E-state index < -0.39 is 5.97 Å². The quantitative estimate of drug-likeness (QED) is 0.473. The molecule has 1 aromatic carbocycles. The number of ketones is 1. The summed E-state index contributed by atoms with van der Waals surface area (Å²) < 4.78 is 8.48. The minimum Gasteiger partial charge on any atom is -0.452 e. The number of ether oxygens (including phenoxy) is 1. The zero-order valence-electron chi connectivity index (χ0n) is 17.4. The van der Waals surface area contributed by atoms with Gasteiger partial charge in [-0.1, -0.05) is 32.0 Å². The number of esters is 1. The van der Waals surface area contributed by atoms with Crippen molar-refractivity contribution in [3.05, 3.63) is 63.3 Å². The highest BCUT2D eigenvalue weighted by molar-refractivity contribution is 6.04. The maximum atomic E-state index is 12.7. The fraction of sp³-hybridized carbons (Fsp3) is 0.364. The molecule has 2 aromatic heterocycles. The molecule has 7 heteroatoms. The molecule has 7 nitrogen and oxygen atoms in total. The normalized spacial score (nSPS) is 11.2. The highest BCUT2D eigenvalue weighted by Gasteiger charge is 2.21. The first-order valence-corrected chi connectivity index (χ1v) is 9.53. The van der Waals surface area contributed by atoms with E-state index in [1.165, 1.54) is 4.68 Å². The molecule has 0 saturated carbocycles. The van der Waals surface area contributed by atoms with Crippen LogP contribution in [0.15, 0.2) is 35.1 Å². The van der Waals surface area contributed by atoms with Crippen molar-refractivity contribution in [1.29, 1.82) is 0 Å². The summed E-state index contributed by atoms with van der Waals surface area (Å²) in [6.07, 6.45) is 0. The maximum absolute atomic E-state index is 12.7. The number of aryl methyl sites for hydroxylation is 1. The number of rotatable bonds is 6. The van der Waals surface area contributed by atoms with Crippen molar-refractivity contribution in [2.75, 3.05) is 6.61 Å². The van der Waals surface area contributed by atoms with Gasteiger partial charge in [0.1, 0.15) is 0 Å². The standard InChI is InChI=1S/C22H25N3O4/c1-13(2)11-25-21(27)17-9-7-6-8-16(17)20(23-25)22(28)29-12-19(26)18-10-14(3)24(5)15(18)4/h6-10,13H,11-12H2,1-5H3. The van der Waals surface area contributed by atoms with E-state index in [1.54, 1.807) is 30.3 Å². The SMILES string of the molecule is Cc1cc(C(=O)COC(=O)c2nn(CC(C)C)c(=O)c3ccccc23)c(C)n1C. The molecule has 3 aromatic rings. The van der Waals surface area contributed by atoms with Crippen LogP contribution in [0.25, 0.3) is 10.8 Å². The summed E-state index contributed by atoms with van der Waals surface area (Å²) in [5.74, 6) is -0.826. The van der Waals surface area contributed by atoms with Crippen LogP contribution in [0.2, 0.25) is 0 Å². The van der Waals surface area contributed by atoms with Crippen molar-refractivity contribution >= 4 is 22.5 Å². The smallest absolute Gasteiger partial charge is 0.359 e. The Balaban J connectivity index is 1.90. The lowest BCUT2D eigenvalue weighted by Gasteiger charge is -2.12. The molecule has 0 N–H and O–H groups in total. The highest BCUT2D eigenvalue weighted by atomic mass is 16.5. The van der Waals surface area contributed by atoms with E-state index in [4.69, 9.17) is 4.74 Å². The Morgan fingerprint density at radius 2 is 1.79 bits per heavy atom. The Bertz CT molecular complexity index is 1150. The second-order valence-electron chi connectivity index (χ2n) is 7.62. The van der Waals surface area contributed by atoms with Gasteiger partial charge in [0.25, 0.3) is 5.56 Å². The van der Waals surface area contributed by atoms with Crippen LogP contribution in [0, 0.1) is 19.8 Å². The summed E-state index contributed by atoms with van der Waals surface area (Å²) in [6, 6.07) is 8.57. The first-order chi connectivity index (χ1) is 13.7. The van der Waals surface area contributed by atoms with E-state index in [-0.39, 0.29) is 29.6 Å². The molecular formula is C22H25N3O4. The van der Waals surface area contributed by atoms with Crippen molar-refractivity contribution in [3.8, 4) is 0 Å². The second-order valence-corrected chi connectivity index (χ2v) is 7.62. The fourth-order valence-electron chi connectivity index (χ4n) is 3.27. The number of Topliss-reactive ketones (excluding diaryl/α,β-unsaturated/α-hetero) is 1. The molecule has 3 rings (SSSR count). The molecule has 0 unspecified atom stereocenters. The van der Waals surface area contributed by atoms with Crippen LogP contribution >= 0.6 is 0 Å².